The van der Waals surface area contributed by atoms with Gasteiger partial charge in [-0.25, -0.2) is 0 Å². The van der Waals surface area contributed by atoms with Crippen molar-refractivity contribution < 1.29 is 0 Å². The molecular formula is C16H11N5S. The van der Waals surface area contributed by atoms with Crippen LogP contribution in [-0.4, -0.2) is 26.1 Å². The Hall–Kier alpha value is -2.73. The first-order valence-electron chi connectivity index (χ1n) is 6.75. The molecule has 6 heteroatoms. The van der Waals surface area contributed by atoms with Gasteiger partial charge in [0.05, 0.1) is 6.21 Å². The minimum Gasteiger partial charge on any atom is -0.264 e. The number of hydrogen-bond donors (Lipinski definition) is 0. The van der Waals surface area contributed by atoms with Crippen LogP contribution in [0.3, 0.4) is 0 Å². The molecule has 22 heavy (non-hydrogen) atoms. The SMILES string of the molecule is C1=Nn2c(nnc2-c2cccnc2)SC1=Cc1ccccc1. The Labute approximate surface area is 131 Å². The number of hydrogen-bond acceptors (Lipinski definition) is 5. The van der Waals surface area contributed by atoms with E-state index in [1.165, 1.54) is 0 Å². The highest BCUT2D eigenvalue weighted by Gasteiger charge is 2.18. The molecule has 5 nitrogen and oxygen atoms in total. The Balaban J connectivity index is 1.68. The molecule has 0 saturated carbocycles. The maximum absolute atomic E-state index is 4.46. The second kappa shape index (κ2) is 5.57. The van der Waals surface area contributed by atoms with Gasteiger partial charge in [0.25, 0.3) is 0 Å². The monoisotopic (exact) mass is 305 g/mol. The van der Waals surface area contributed by atoms with Crippen LogP contribution < -0.4 is 0 Å². The molecule has 1 aliphatic heterocycles. The molecule has 0 saturated heterocycles. The van der Waals surface area contributed by atoms with E-state index in [9.17, 15) is 0 Å². The van der Waals surface area contributed by atoms with Crippen LogP contribution >= 0.6 is 11.8 Å². The number of allylic oxidation sites excluding steroid dienone is 1. The van der Waals surface area contributed by atoms with E-state index in [1.54, 1.807) is 28.8 Å². The summed E-state index contributed by atoms with van der Waals surface area (Å²) in [4.78, 5) is 5.14. The number of nitrogens with zero attached hydrogens (tertiary/aromatic N) is 5. The van der Waals surface area contributed by atoms with Gasteiger partial charge in [-0.05, 0) is 35.5 Å². The van der Waals surface area contributed by atoms with Crippen LogP contribution in [0.15, 0.2) is 70.0 Å². The van der Waals surface area contributed by atoms with Crippen LogP contribution in [0.1, 0.15) is 5.56 Å². The third-order valence-electron chi connectivity index (χ3n) is 3.15. The van der Waals surface area contributed by atoms with Crippen LogP contribution in [0.25, 0.3) is 17.5 Å². The predicted molar refractivity (Wildman–Crippen MR) is 87.4 cm³/mol. The van der Waals surface area contributed by atoms with Gasteiger partial charge in [-0.1, -0.05) is 30.3 Å². The van der Waals surface area contributed by atoms with Crippen molar-refractivity contribution in [2.45, 2.75) is 5.16 Å². The van der Waals surface area contributed by atoms with Crippen molar-refractivity contribution in [3.8, 4) is 11.4 Å². The first kappa shape index (κ1) is 13.0. The number of pyridine rings is 1. The largest absolute Gasteiger partial charge is 0.264 e. The highest BCUT2D eigenvalue weighted by atomic mass is 32.2. The van der Waals surface area contributed by atoms with Gasteiger partial charge >= 0.3 is 0 Å². The number of benzene rings is 1. The molecule has 106 valence electrons. The third kappa shape index (κ3) is 2.44. The summed E-state index contributed by atoms with van der Waals surface area (Å²) in [6.07, 6.45) is 7.40. The highest BCUT2D eigenvalue weighted by Crippen LogP contribution is 2.31. The Kier molecular flexibility index (Phi) is 3.29. The number of aromatic nitrogens is 4. The summed E-state index contributed by atoms with van der Waals surface area (Å²) in [5.41, 5.74) is 2.03. The van der Waals surface area contributed by atoms with Gasteiger partial charge in [-0.3, -0.25) is 4.98 Å². The Bertz CT molecular complexity index is 853. The van der Waals surface area contributed by atoms with E-state index in [0.717, 1.165) is 21.2 Å². The third-order valence-corrected chi connectivity index (χ3v) is 4.05. The molecule has 0 bridgehead atoms. The Morgan fingerprint density at radius 1 is 1.00 bits per heavy atom. The van der Waals surface area contributed by atoms with Gasteiger partial charge in [-0.2, -0.15) is 9.78 Å². The fraction of sp³-hybridized carbons (Fsp3) is 0. The number of rotatable bonds is 2. The highest BCUT2D eigenvalue weighted by molar-refractivity contribution is 8.04. The normalized spacial score (nSPS) is 15.0. The molecule has 0 unspecified atom stereocenters. The molecule has 0 amide bonds. The van der Waals surface area contributed by atoms with Gasteiger partial charge in [0, 0.05) is 22.9 Å². The maximum Gasteiger partial charge on any atom is 0.217 e. The van der Waals surface area contributed by atoms with Crippen molar-refractivity contribution in [3.05, 3.63) is 65.3 Å². The van der Waals surface area contributed by atoms with Crippen LogP contribution in [0.2, 0.25) is 0 Å². The smallest absolute Gasteiger partial charge is 0.217 e. The summed E-state index contributed by atoms with van der Waals surface area (Å²) in [5.74, 6) is 0.700. The molecular weight excluding hydrogens is 294 g/mol. The average molecular weight is 305 g/mol. The molecule has 0 N–H and O–H groups in total. The molecule has 0 atom stereocenters. The lowest BCUT2D eigenvalue weighted by Gasteiger charge is -2.09. The number of thioether (sulfide) groups is 1. The quantitative estimate of drug-likeness (QED) is 0.729. The molecule has 0 fully saturated rings. The Morgan fingerprint density at radius 3 is 2.73 bits per heavy atom. The van der Waals surface area contributed by atoms with Crippen molar-refractivity contribution in [2.24, 2.45) is 5.10 Å². The van der Waals surface area contributed by atoms with Crippen molar-refractivity contribution in [3.63, 3.8) is 0 Å². The van der Waals surface area contributed by atoms with Gasteiger partial charge in [-0.15, -0.1) is 10.2 Å². The first-order valence-corrected chi connectivity index (χ1v) is 7.56. The summed E-state index contributed by atoms with van der Waals surface area (Å²) < 4.78 is 1.74. The van der Waals surface area contributed by atoms with Gasteiger partial charge in [0.15, 0.2) is 5.82 Å². The van der Waals surface area contributed by atoms with Crippen LogP contribution in [-0.2, 0) is 0 Å². The molecule has 0 radical (unpaired) electrons. The molecule has 3 aromatic rings. The fourth-order valence-electron chi connectivity index (χ4n) is 2.13. The topological polar surface area (TPSA) is 56.0 Å². The molecule has 1 aromatic carbocycles. The van der Waals surface area contributed by atoms with E-state index < -0.39 is 0 Å². The predicted octanol–water partition coefficient (Wildman–Crippen LogP) is 3.32. The number of fused-ring (bicyclic) bond motifs is 1. The fourth-order valence-corrected chi connectivity index (χ4v) is 2.94. The second-order valence-corrected chi connectivity index (χ2v) is 5.70. The van der Waals surface area contributed by atoms with Gasteiger partial charge in [0.1, 0.15) is 0 Å². The van der Waals surface area contributed by atoms with Crippen molar-refractivity contribution in [1.29, 1.82) is 0 Å². The van der Waals surface area contributed by atoms with Crippen LogP contribution in [0.4, 0.5) is 0 Å². The minimum atomic E-state index is 0.700. The minimum absolute atomic E-state index is 0.700. The second-order valence-electron chi connectivity index (χ2n) is 4.66. The molecule has 2 aromatic heterocycles. The lowest BCUT2D eigenvalue weighted by Crippen LogP contribution is -2.01. The molecule has 3 heterocycles. The summed E-state index contributed by atoms with van der Waals surface area (Å²) >= 11 is 1.55. The van der Waals surface area contributed by atoms with Crippen molar-refractivity contribution in [2.75, 3.05) is 0 Å². The zero-order valence-corrected chi connectivity index (χ0v) is 12.3. The van der Waals surface area contributed by atoms with E-state index in [-0.39, 0.29) is 0 Å². The summed E-state index contributed by atoms with van der Waals surface area (Å²) in [7, 11) is 0. The van der Waals surface area contributed by atoms with Crippen molar-refractivity contribution in [1.82, 2.24) is 19.9 Å². The lowest BCUT2D eigenvalue weighted by atomic mass is 10.2. The van der Waals surface area contributed by atoms with Crippen LogP contribution in [0, 0.1) is 0 Å². The van der Waals surface area contributed by atoms with E-state index in [0.29, 0.717) is 5.82 Å². The van der Waals surface area contributed by atoms with Gasteiger partial charge in [0.2, 0.25) is 5.16 Å². The molecule has 0 spiro atoms. The zero-order chi connectivity index (χ0) is 14.8. The zero-order valence-electron chi connectivity index (χ0n) is 11.5. The lowest BCUT2D eigenvalue weighted by molar-refractivity contribution is 0.770. The van der Waals surface area contributed by atoms with Crippen molar-refractivity contribution >= 4 is 24.1 Å². The first-order chi connectivity index (χ1) is 10.9. The molecule has 4 rings (SSSR count). The van der Waals surface area contributed by atoms with E-state index in [2.05, 4.69) is 38.5 Å². The maximum atomic E-state index is 4.46. The van der Waals surface area contributed by atoms with E-state index >= 15 is 0 Å². The van der Waals surface area contributed by atoms with Crippen LogP contribution in [0.5, 0.6) is 0 Å². The van der Waals surface area contributed by atoms with Gasteiger partial charge < -0.3 is 0 Å². The summed E-state index contributed by atoms with van der Waals surface area (Å²) in [6, 6.07) is 14.0. The summed E-state index contributed by atoms with van der Waals surface area (Å²) in [6.45, 7) is 0. The molecule has 1 aliphatic rings. The van der Waals surface area contributed by atoms with E-state index in [4.69, 9.17) is 0 Å². The summed E-state index contributed by atoms with van der Waals surface area (Å²) in [5, 5.41) is 13.6. The average Bonchev–Trinajstić information content (AvgIpc) is 3.00. The van der Waals surface area contributed by atoms with E-state index in [1.807, 2.05) is 36.5 Å². The standard InChI is InChI=1S/C16H11N5S/c1-2-5-12(6-3-1)9-14-11-18-21-15(19-20-16(21)22-14)13-7-4-8-17-10-13/h1-11H. The molecule has 0 aliphatic carbocycles. The Morgan fingerprint density at radius 2 is 1.91 bits per heavy atom.